The summed E-state index contributed by atoms with van der Waals surface area (Å²) in [6.45, 7) is 4.20. The van der Waals surface area contributed by atoms with E-state index in [4.69, 9.17) is 20.8 Å². The predicted molar refractivity (Wildman–Crippen MR) is 71.9 cm³/mol. The fourth-order valence-corrected chi connectivity index (χ4v) is 1.71. The van der Waals surface area contributed by atoms with Gasteiger partial charge in [0, 0.05) is 10.6 Å². The van der Waals surface area contributed by atoms with Crippen molar-refractivity contribution in [3.8, 4) is 5.75 Å². The quantitative estimate of drug-likeness (QED) is 0.866. The standard InChI is InChI=1S/C14H16ClNO2/c1-2-16-9-14-11(7-8-17-14)10-18-13-5-3-12(15)4-6-13/h3-8,16H,2,9-10H2,1H3. The van der Waals surface area contributed by atoms with E-state index in [1.54, 1.807) is 6.26 Å². The van der Waals surface area contributed by atoms with E-state index in [9.17, 15) is 0 Å². The van der Waals surface area contributed by atoms with Gasteiger partial charge in [0.1, 0.15) is 18.1 Å². The lowest BCUT2D eigenvalue weighted by atomic mass is 10.2. The van der Waals surface area contributed by atoms with Gasteiger partial charge in [0.25, 0.3) is 0 Å². The monoisotopic (exact) mass is 265 g/mol. The van der Waals surface area contributed by atoms with Crippen LogP contribution in [0, 0.1) is 0 Å². The summed E-state index contributed by atoms with van der Waals surface area (Å²) in [5.74, 6) is 1.72. The molecular weight excluding hydrogens is 250 g/mol. The first-order chi connectivity index (χ1) is 8.79. The number of benzene rings is 1. The molecule has 0 amide bonds. The number of hydrogen-bond donors (Lipinski definition) is 1. The fourth-order valence-electron chi connectivity index (χ4n) is 1.58. The van der Waals surface area contributed by atoms with E-state index in [2.05, 4.69) is 12.2 Å². The summed E-state index contributed by atoms with van der Waals surface area (Å²) in [4.78, 5) is 0. The molecule has 2 rings (SSSR count). The molecule has 0 saturated carbocycles. The first-order valence-corrected chi connectivity index (χ1v) is 6.31. The third kappa shape index (κ3) is 3.52. The van der Waals surface area contributed by atoms with E-state index in [0.717, 1.165) is 30.2 Å². The summed E-state index contributed by atoms with van der Waals surface area (Å²) in [5.41, 5.74) is 1.06. The second-order valence-corrected chi connectivity index (χ2v) is 4.33. The average Bonchev–Trinajstić information content (AvgIpc) is 2.83. The third-order valence-corrected chi connectivity index (χ3v) is 2.83. The highest BCUT2D eigenvalue weighted by molar-refractivity contribution is 6.30. The molecule has 1 aromatic heterocycles. The van der Waals surface area contributed by atoms with Crippen molar-refractivity contribution >= 4 is 11.6 Å². The van der Waals surface area contributed by atoms with Gasteiger partial charge in [-0.05, 0) is 36.9 Å². The van der Waals surface area contributed by atoms with Crippen LogP contribution in [-0.2, 0) is 13.2 Å². The average molecular weight is 266 g/mol. The Bertz CT molecular complexity index is 479. The Morgan fingerprint density at radius 3 is 2.72 bits per heavy atom. The maximum absolute atomic E-state index is 5.81. The van der Waals surface area contributed by atoms with E-state index in [-0.39, 0.29) is 0 Å². The minimum atomic E-state index is 0.499. The van der Waals surface area contributed by atoms with Gasteiger partial charge in [-0.2, -0.15) is 0 Å². The molecule has 0 radical (unpaired) electrons. The Morgan fingerprint density at radius 2 is 2.00 bits per heavy atom. The lowest BCUT2D eigenvalue weighted by Gasteiger charge is -2.06. The third-order valence-electron chi connectivity index (χ3n) is 2.58. The molecule has 0 spiro atoms. The molecule has 0 aliphatic heterocycles. The summed E-state index contributed by atoms with van der Waals surface area (Å²) in [7, 11) is 0. The smallest absolute Gasteiger partial charge is 0.124 e. The molecule has 0 bridgehead atoms. The van der Waals surface area contributed by atoms with Gasteiger partial charge >= 0.3 is 0 Å². The lowest BCUT2D eigenvalue weighted by molar-refractivity contribution is 0.301. The van der Waals surface area contributed by atoms with Crippen LogP contribution in [0.25, 0.3) is 0 Å². The highest BCUT2D eigenvalue weighted by Gasteiger charge is 2.06. The van der Waals surface area contributed by atoms with Crippen molar-refractivity contribution in [2.45, 2.75) is 20.1 Å². The molecule has 0 unspecified atom stereocenters. The van der Waals surface area contributed by atoms with Gasteiger partial charge < -0.3 is 14.5 Å². The van der Waals surface area contributed by atoms with Crippen LogP contribution >= 0.6 is 11.6 Å². The Hall–Kier alpha value is -1.45. The number of nitrogens with one attached hydrogen (secondary N) is 1. The van der Waals surface area contributed by atoms with Gasteiger partial charge in [-0.3, -0.25) is 0 Å². The molecule has 0 aliphatic carbocycles. The SMILES string of the molecule is CCNCc1occc1COc1ccc(Cl)cc1. The zero-order valence-corrected chi connectivity index (χ0v) is 11.0. The minimum Gasteiger partial charge on any atom is -0.489 e. The zero-order chi connectivity index (χ0) is 12.8. The maximum Gasteiger partial charge on any atom is 0.124 e. The van der Waals surface area contributed by atoms with Gasteiger partial charge in [0.2, 0.25) is 0 Å². The molecule has 18 heavy (non-hydrogen) atoms. The lowest BCUT2D eigenvalue weighted by Crippen LogP contribution is -2.12. The van der Waals surface area contributed by atoms with Crippen molar-refractivity contribution in [3.05, 3.63) is 52.9 Å². The molecule has 3 nitrogen and oxygen atoms in total. The van der Waals surface area contributed by atoms with Gasteiger partial charge in [0.15, 0.2) is 0 Å². The highest BCUT2D eigenvalue weighted by atomic mass is 35.5. The van der Waals surface area contributed by atoms with Gasteiger partial charge in [-0.1, -0.05) is 18.5 Å². The number of rotatable bonds is 6. The Labute approximate surface area is 112 Å². The highest BCUT2D eigenvalue weighted by Crippen LogP contribution is 2.18. The first-order valence-electron chi connectivity index (χ1n) is 5.94. The Balaban J connectivity index is 1.93. The van der Waals surface area contributed by atoms with Crippen LogP contribution in [-0.4, -0.2) is 6.54 Å². The molecule has 2 aromatic rings. The number of hydrogen-bond acceptors (Lipinski definition) is 3. The number of ether oxygens (including phenoxy) is 1. The van der Waals surface area contributed by atoms with Crippen LogP contribution in [0.3, 0.4) is 0 Å². The van der Waals surface area contributed by atoms with Crippen molar-refractivity contribution in [1.29, 1.82) is 0 Å². The maximum atomic E-state index is 5.81. The summed E-state index contributed by atoms with van der Waals surface area (Å²) in [5, 5.41) is 3.94. The van der Waals surface area contributed by atoms with Crippen LogP contribution < -0.4 is 10.1 Å². The second kappa shape index (κ2) is 6.47. The molecule has 96 valence electrons. The summed E-state index contributed by atoms with van der Waals surface area (Å²) < 4.78 is 11.1. The van der Waals surface area contributed by atoms with Gasteiger partial charge in [0.05, 0.1) is 12.8 Å². The van der Waals surface area contributed by atoms with Gasteiger partial charge in [-0.25, -0.2) is 0 Å². The van der Waals surface area contributed by atoms with E-state index < -0.39 is 0 Å². The minimum absolute atomic E-state index is 0.499. The second-order valence-electron chi connectivity index (χ2n) is 3.89. The van der Waals surface area contributed by atoms with Crippen LogP contribution in [0.5, 0.6) is 5.75 Å². The van der Waals surface area contributed by atoms with Crippen LogP contribution in [0.2, 0.25) is 5.02 Å². The van der Waals surface area contributed by atoms with Crippen molar-refractivity contribution in [2.24, 2.45) is 0 Å². The summed E-state index contributed by atoms with van der Waals surface area (Å²) in [6, 6.07) is 9.26. The van der Waals surface area contributed by atoms with Crippen molar-refractivity contribution in [3.63, 3.8) is 0 Å². The molecule has 1 aromatic carbocycles. The van der Waals surface area contributed by atoms with E-state index in [0.29, 0.717) is 11.6 Å². The number of halogens is 1. The normalized spacial score (nSPS) is 10.6. The number of furan rings is 1. The van der Waals surface area contributed by atoms with Crippen molar-refractivity contribution < 1.29 is 9.15 Å². The molecule has 0 fully saturated rings. The first kappa shape index (κ1) is 13.0. The van der Waals surface area contributed by atoms with E-state index in [1.165, 1.54) is 0 Å². The Morgan fingerprint density at radius 1 is 1.22 bits per heavy atom. The van der Waals surface area contributed by atoms with E-state index in [1.807, 2.05) is 30.3 Å². The zero-order valence-electron chi connectivity index (χ0n) is 10.3. The summed E-state index contributed by atoms with van der Waals surface area (Å²) >= 11 is 5.81. The molecular formula is C14H16ClNO2. The molecule has 0 saturated heterocycles. The topological polar surface area (TPSA) is 34.4 Å². The Kier molecular flexibility index (Phi) is 4.67. The van der Waals surface area contributed by atoms with Gasteiger partial charge in [-0.15, -0.1) is 0 Å². The predicted octanol–water partition coefficient (Wildman–Crippen LogP) is 3.62. The fraction of sp³-hybridized carbons (Fsp3) is 0.286. The summed E-state index contributed by atoms with van der Waals surface area (Å²) in [6.07, 6.45) is 1.69. The largest absolute Gasteiger partial charge is 0.489 e. The van der Waals surface area contributed by atoms with E-state index >= 15 is 0 Å². The molecule has 4 heteroatoms. The molecule has 1 N–H and O–H groups in total. The van der Waals surface area contributed by atoms with Crippen molar-refractivity contribution in [2.75, 3.05) is 6.54 Å². The molecule has 1 heterocycles. The van der Waals surface area contributed by atoms with Crippen LogP contribution in [0.4, 0.5) is 0 Å². The molecule has 0 atom stereocenters. The van der Waals surface area contributed by atoms with Crippen LogP contribution in [0.15, 0.2) is 41.0 Å². The van der Waals surface area contributed by atoms with Crippen LogP contribution in [0.1, 0.15) is 18.2 Å². The molecule has 0 aliphatic rings. The van der Waals surface area contributed by atoms with Crippen molar-refractivity contribution in [1.82, 2.24) is 5.32 Å².